The SMILES string of the molecule is COc1cc(C(O)c2csc(-c3ccccc3)n2)cc(OC)c1OCCN. The molecule has 6 nitrogen and oxygen atoms in total. The molecule has 1 aromatic heterocycles. The predicted molar refractivity (Wildman–Crippen MR) is 106 cm³/mol. The third-order valence-electron chi connectivity index (χ3n) is 3.99. The molecule has 3 aromatic rings. The summed E-state index contributed by atoms with van der Waals surface area (Å²) in [7, 11) is 3.08. The fraction of sp³-hybridized carbons (Fsp3) is 0.250. The molecule has 3 rings (SSSR count). The maximum absolute atomic E-state index is 10.8. The summed E-state index contributed by atoms with van der Waals surface area (Å²) in [6, 6.07) is 13.3. The molecular formula is C20H22N2O4S. The number of ether oxygens (including phenoxy) is 3. The fourth-order valence-electron chi connectivity index (χ4n) is 2.66. The topological polar surface area (TPSA) is 86.8 Å². The first-order valence-electron chi connectivity index (χ1n) is 8.45. The van der Waals surface area contributed by atoms with Gasteiger partial charge in [0.15, 0.2) is 11.5 Å². The summed E-state index contributed by atoms with van der Waals surface area (Å²) in [5.41, 5.74) is 7.70. The Morgan fingerprint density at radius 1 is 1.11 bits per heavy atom. The summed E-state index contributed by atoms with van der Waals surface area (Å²) >= 11 is 1.49. The number of hydrogen-bond donors (Lipinski definition) is 2. The predicted octanol–water partition coefficient (Wildman–Crippen LogP) is 3.25. The first-order chi connectivity index (χ1) is 13.2. The van der Waals surface area contributed by atoms with Crippen LogP contribution in [0.3, 0.4) is 0 Å². The third kappa shape index (κ3) is 4.21. The molecule has 0 bridgehead atoms. The molecule has 3 N–H and O–H groups in total. The van der Waals surface area contributed by atoms with Gasteiger partial charge in [-0.3, -0.25) is 0 Å². The highest BCUT2D eigenvalue weighted by Crippen LogP contribution is 2.41. The van der Waals surface area contributed by atoms with Crippen LogP contribution >= 0.6 is 11.3 Å². The van der Waals surface area contributed by atoms with Crippen molar-refractivity contribution < 1.29 is 19.3 Å². The Hall–Kier alpha value is -2.61. The van der Waals surface area contributed by atoms with Gasteiger partial charge in [0.1, 0.15) is 17.7 Å². The Morgan fingerprint density at radius 2 is 1.78 bits per heavy atom. The molecule has 7 heteroatoms. The number of nitrogens with zero attached hydrogens (tertiary/aromatic N) is 1. The summed E-state index contributed by atoms with van der Waals surface area (Å²) < 4.78 is 16.5. The second kappa shape index (κ2) is 8.85. The minimum atomic E-state index is -0.912. The molecule has 2 aromatic carbocycles. The van der Waals surface area contributed by atoms with Crippen molar-refractivity contribution in [2.75, 3.05) is 27.4 Å². The van der Waals surface area contributed by atoms with Gasteiger partial charge in [-0.1, -0.05) is 30.3 Å². The number of nitrogens with two attached hydrogens (primary N) is 1. The lowest BCUT2D eigenvalue weighted by Gasteiger charge is -2.17. The summed E-state index contributed by atoms with van der Waals surface area (Å²) in [5.74, 6) is 1.40. The van der Waals surface area contributed by atoms with Gasteiger partial charge in [-0.25, -0.2) is 4.98 Å². The van der Waals surface area contributed by atoms with E-state index >= 15 is 0 Å². The van der Waals surface area contributed by atoms with E-state index in [1.165, 1.54) is 25.6 Å². The van der Waals surface area contributed by atoms with Crippen LogP contribution in [-0.4, -0.2) is 37.5 Å². The summed E-state index contributed by atoms with van der Waals surface area (Å²) in [5, 5.41) is 13.5. The average molecular weight is 386 g/mol. The molecule has 1 heterocycles. The second-order valence-corrected chi connectivity index (χ2v) is 6.60. The van der Waals surface area contributed by atoms with Gasteiger partial charge in [-0.05, 0) is 17.7 Å². The lowest BCUT2D eigenvalue weighted by molar-refractivity contribution is 0.214. The largest absolute Gasteiger partial charge is 0.493 e. The number of methoxy groups -OCH3 is 2. The molecule has 0 spiro atoms. The average Bonchev–Trinajstić information content (AvgIpc) is 3.22. The van der Waals surface area contributed by atoms with E-state index in [0.717, 1.165) is 10.6 Å². The van der Waals surface area contributed by atoms with Crippen molar-refractivity contribution in [2.45, 2.75) is 6.10 Å². The minimum Gasteiger partial charge on any atom is -0.493 e. The van der Waals surface area contributed by atoms with Crippen LogP contribution in [0.4, 0.5) is 0 Å². The Morgan fingerprint density at radius 3 is 2.37 bits per heavy atom. The fourth-order valence-corrected chi connectivity index (χ4v) is 3.50. The molecular weight excluding hydrogens is 364 g/mol. The van der Waals surface area contributed by atoms with Crippen LogP contribution in [0, 0.1) is 0 Å². The van der Waals surface area contributed by atoms with E-state index in [-0.39, 0.29) is 0 Å². The van der Waals surface area contributed by atoms with Gasteiger partial charge >= 0.3 is 0 Å². The lowest BCUT2D eigenvalue weighted by Crippen LogP contribution is -2.12. The Bertz CT molecular complexity index is 858. The maximum atomic E-state index is 10.8. The molecule has 0 fully saturated rings. The molecule has 0 radical (unpaired) electrons. The van der Waals surface area contributed by atoms with Crippen LogP contribution in [0.2, 0.25) is 0 Å². The third-order valence-corrected chi connectivity index (χ3v) is 4.90. The van der Waals surface area contributed by atoms with Crippen LogP contribution in [0.25, 0.3) is 10.6 Å². The van der Waals surface area contributed by atoms with Gasteiger partial charge in [0, 0.05) is 17.5 Å². The first kappa shape index (κ1) is 19.2. The zero-order chi connectivity index (χ0) is 19.2. The Labute approximate surface area is 162 Å². The zero-order valence-electron chi connectivity index (χ0n) is 15.2. The molecule has 0 saturated heterocycles. The van der Waals surface area contributed by atoms with E-state index in [2.05, 4.69) is 4.98 Å². The van der Waals surface area contributed by atoms with Crippen LogP contribution in [0.1, 0.15) is 17.4 Å². The Kier molecular flexibility index (Phi) is 6.28. The first-order valence-corrected chi connectivity index (χ1v) is 9.33. The van der Waals surface area contributed by atoms with Crippen LogP contribution < -0.4 is 19.9 Å². The van der Waals surface area contributed by atoms with Crippen molar-refractivity contribution in [1.29, 1.82) is 0 Å². The van der Waals surface area contributed by atoms with Crippen molar-refractivity contribution >= 4 is 11.3 Å². The molecule has 0 aliphatic heterocycles. The highest BCUT2D eigenvalue weighted by Gasteiger charge is 2.21. The summed E-state index contributed by atoms with van der Waals surface area (Å²) in [4.78, 5) is 4.58. The van der Waals surface area contributed by atoms with E-state index in [1.807, 2.05) is 35.7 Å². The summed E-state index contributed by atoms with van der Waals surface area (Å²) in [6.07, 6.45) is -0.912. The monoisotopic (exact) mass is 386 g/mol. The lowest BCUT2D eigenvalue weighted by atomic mass is 10.1. The van der Waals surface area contributed by atoms with Gasteiger partial charge in [-0.15, -0.1) is 11.3 Å². The number of hydrogen-bond acceptors (Lipinski definition) is 7. The van der Waals surface area contributed by atoms with Crippen molar-refractivity contribution in [3.8, 4) is 27.8 Å². The van der Waals surface area contributed by atoms with E-state index in [9.17, 15) is 5.11 Å². The second-order valence-electron chi connectivity index (χ2n) is 5.74. The quantitative estimate of drug-likeness (QED) is 0.618. The van der Waals surface area contributed by atoms with Crippen molar-refractivity contribution in [2.24, 2.45) is 5.73 Å². The van der Waals surface area contributed by atoms with Crippen LogP contribution in [0.5, 0.6) is 17.2 Å². The van der Waals surface area contributed by atoms with Gasteiger partial charge < -0.3 is 25.1 Å². The molecule has 0 saturated carbocycles. The van der Waals surface area contributed by atoms with E-state index in [1.54, 1.807) is 12.1 Å². The van der Waals surface area contributed by atoms with Crippen LogP contribution in [-0.2, 0) is 0 Å². The smallest absolute Gasteiger partial charge is 0.203 e. The van der Waals surface area contributed by atoms with Crippen molar-refractivity contribution in [3.63, 3.8) is 0 Å². The van der Waals surface area contributed by atoms with Gasteiger partial charge in [0.25, 0.3) is 0 Å². The molecule has 0 amide bonds. The molecule has 142 valence electrons. The Balaban J connectivity index is 1.92. The van der Waals surface area contributed by atoms with Crippen LogP contribution in [0.15, 0.2) is 47.8 Å². The van der Waals surface area contributed by atoms with E-state index in [4.69, 9.17) is 19.9 Å². The van der Waals surface area contributed by atoms with Gasteiger partial charge in [0.05, 0.1) is 19.9 Å². The van der Waals surface area contributed by atoms with Gasteiger partial charge in [0.2, 0.25) is 5.75 Å². The number of aromatic nitrogens is 1. The zero-order valence-corrected chi connectivity index (χ0v) is 16.0. The summed E-state index contributed by atoms with van der Waals surface area (Å²) in [6.45, 7) is 0.707. The maximum Gasteiger partial charge on any atom is 0.203 e. The molecule has 0 aliphatic rings. The van der Waals surface area contributed by atoms with E-state index < -0.39 is 6.10 Å². The number of thiazole rings is 1. The number of aliphatic hydroxyl groups excluding tert-OH is 1. The van der Waals surface area contributed by atoms with Crippen molar-refractivity contribution in [1.82, 2.24) is 4.98 Å². The molecule has 27 heavy (non-hydrogen) atoms. The highest BCUT2D eigenvalue weighted by molar-refractivity contribution is 7.13. The van der Waals surface area contributed by atoms with Crippen molar-refractivity contribution in [3.05, 3.63) is 59.1 Å². The number of benzene rings is 2. The standard InChI is InChI=1S/C20H22N2O4S/c1-24-16-10-14(11-17(25-2)19(16)26-9-8-21)18(23)15-12-27-20(22-15)13-6-4-3-5-7-13/h3-7,10-12,18,23H,8-9,21H2,1-2H3. The van der Waals surface area contributed by atoms with E-state index in [0.29, 0.717) is 41.7 Å². The highest BCUT2D eigenvalue weighted by atomic mass is 32.1. The normalized spacial score (nSPS) is 11.9. The molecule has 1 unspecified atom stereocenters. The molecule has 1 atom stereocenters. The molecule has 0 aliphatic carbocycles. The van der Waals surface area contributed by atoms with Gasteiger partial charge in [-0.2, -0.15) is 0 Å². The number of rotatable bonds is 8. The number of aliphatic hydroxyl groups is 1. The minimum absolute atomic E-state index is 0.334.